The molecule has 1 aliphatic heterocycles. The molecule has 1 fully saturated rings. The summed E-state index contributed by atoms with van der Waals surface area (Å²) in [6.07, 6.45) is 4.49. The molecule has 0 aromatic carbocycles. The van der Waals surface area contributed by atoms with Crippen LogP contribution >= 0.6 is 0 Å². The number of carbonyl (C=O) groups is 1. The molecule has 2 atom stereocenters. The van der Waals surface area contributed by atoms with E-state index >= 15 is 0 Å². The summed E-state index contributed by atoms with van der Waals surface area (Å²) in [5, 5.41) is 3.31. The van der Waals surface area contributed by atoms with Crippen LogP contribution in [0.4, 0.5) is 0 Å². The number of rotatable bonds is 3. The Morgan fingerprint density at radius 2 is 2.47 bits per heavy atom. The van der Waals surface area contributed by atoms with Crippen molar-refractivity contribution in [3.05, 3.63) is 30.1 Å². The zero-order valence-electron chi connectivity index (χ0n) is 10.4. The molecule has 0 bridgehead atoms. The van der Waals surface area contributed by atoms with E-state index in [0.717, 1.165) is 18.5 Å². The van der Waals surface area contributed by atoms with Crippen LogP contribution in [0, 0.1) is 5.92 Å². The zero-order valence-corrected chi connectivity index (χ0v) is 10.4. The maximum absolute atomic E-state index is 12.2. The van der Waals surface area contributed by atoms with Gasteiger partial charge in [-0.05, 0) is 31.5 Å². The molecule has 17 heavy (non-hydrogen) atoms. The zero-order chi connectivity index (χ0) is 12.3. The molecule has 1 saturated heterocycles. The van der Waals surface area contributed by atoms with E-state index in [1.54, 1.807) is 17.3 Å². The maximum Gasteiger partial charge on any atom is 0.227 e. The Balaban J connectivity index is 1.96. The summed E-state index contributed by atoms with van der Waals surface area (Å²) in [5.41, 5.74) is 1.07. The molecule has 92 valence electrons. The van der Waals surface area contributed by atoms with Crippen LogP contribution in [0.5, 0.6) is 0 Å². The van der Waals surface area contributed by atoms with Gasteiger partial charge in [-0.15, -0.1) is 0 Å². The van der Waals surface area contributed by atoms with E-state index in [2.05, 4.69) is 17.2 Å². The topological polar surface area (TPSA) is 45.2 Å². The predicted octanol–water partition coefficient (Wildman–Crippen LogP) is 1.04. The minimum absolute atomic E-state index is 0.122. The highest BCUT2D eigenvalue weighted by Gasteiger charge is 2.31. The summed E-state index contributed by atoms with van der Waals surface area (Å²) in [6, 6.07) is 4.18. The van der Waals surface area contributed by atoms with Crippen molar-refractivity contribution in [2.75, 3.05) is 13.6 Å². The van der Waals surface area contributed by atoms with E-state index in [9.17, 15) is 4.79 Å². The van der Waals surface area contributed by atoms with E-state index < -0.39 is 0 Å². The van der Waals surface area contributed by atoms with Gasteiger partial charge in [-0.1, -0.05) is 6.07 Å². The van der Waals surface area contributed by atoms with Crippen LogP contribution in [-0.2, 0) is 11.3 Å². The fourth-order valence-electron chi connectivity index (χ4n) is 2.32. The SMILES string of the molecule is CC1NCCC1C(=O)N(C)Cc1cccnc1. The molecule has 1 aromatic rings. The Morgan fingerprint density at radius 1 is 1.65 bits per heavy atom. The highest BCUT2D eigenvalue weighted by Crippen LogP contribution is 2.18. The van der Waals surface area contributed by atoms with Crippen molar-refractivity contribution in [1.29, 1.82) is 0 Å². The summed E-state index contributed by atoms with van der Waals surface area (Å²) in [6.45, 7) is 3.65. The van der Waals surface area contributed by atoms with Gasteiger partial charge in [0.1, 0.15) is 0 Å². The lowest BCUT2D eigenvalue weighted by Crippen LogP contribution is -2.37. The van der Waals surface area contributed by atoms with Crippen molar-refractivity contribution in [3.8, 4) is 0 Å². The number of aromatic nitrogens is 1. The lowest BCUT2D eigenvalue weighted by atomic mass is 10.0. The molecule has 0 spiro atoms. The fourth-order valence-corrected chi connectivity index (χ4v) is 2.32. The van der Waals surface area contributed by atoms with Crippen LogP contribution in [0.25, 0.3) is 0 Å². The molecular formula is C13H19N3O. The Kier molecular flexibility index (Phi) is 3.74. The number of hydrogen-bond acceptors (Lipinski definition) is 3. The number of nitrogens with one attached hydrogen (secondary N) is 1. The molecule has 1 amide bonds. The molecular weight excluding hydrogens is 214 g/mol. The molecule has 1 aliphatic rings. The van der Waals surface area contributed by atoms with Gasteiger partial charge in [-0.25, -0.2) is 0 Å². The van der Waals surface area contributed by atoms with Gasteiger partial charge in [0.2, 0.25) is 5.91 Å². The maximum atomic E-state index is 12.2. The smallest absolute Gasteiger partial charge is 0.227 e. The van der Waals surface area contributed by atoms with Crippen molar-refractivity contribution in [2.45, 2.75) is 25.9 Å². The summed E-state index contributed by atoms with van der Waals surface area (Å²) in [4.78, 5) is 18.1. The first kappa shape index (κ1) is 12.0. The van der Waals surface area contributed by atoms with Crippen molar-refractivity contribution >= 4 is 5.91 Å². The number of nitrogens with zero attached hydrogens (tertiary/aromatic N) is 2. The monoisotopic (exact) mass is 233 g/mol. The van der Waals surface area contributed by atoms with E-state index in [0.29, 0.717) is 12.6 Å². The minimum Gasteiger partial charge on any atom is -0.341 e. The average molecular weight is 233 g/mol. The Hall–Kier alpha value is -1.42. The number of hydrogen-bond donors (Lipinski definition) is 1. The molecule has 0 saturated carbocycles. The Bertz CT molecular complexity index is 380. The largest absolute Gasteiger partial charge is 0.341 e. The van der Waals surface area contributed by atoms with Crippen molar-refractivity contribution in [3.63, 3.8) is 0 Å². The summed E-state index contributed by atoms with van der Waals surface area (Å²) in [7, 11) is 1.86. The number of pyridine rings is 1. The van der Waals surface area contributed by atoms with Gasteiger partial charge in [-0.3, -0.25) is 9.78 Å². The first-order chi connectivity index (χ1) is 8.18. The van der Waals surface area contributed by atoms with Crippen LogP contribution in [0.1, 0.15) is 18.9 Å². The van der Waals surface area contributed by atoms with Crippen LogP contribution < -0.4 is 5.32 Å². The van der Waals surface area contributed by atoms with E-state index in [1.807, 2.05) is 19.2 Å². The van der Waals surface area contributed by atoms with Gasteiger partial charge in [-0.2, -0.15) is 0 Å². The quantitative estimate of drug-likeness (QED) is 0.848. The second kappa shape index (κ2) is 5.27. The molecule has 1 aromatic heterocycles. The highest BCUT2D eigenvalue weighted by molar-refractivity contribution is 5.79. The molecule has 1 N–H and O–H groups in total. The lowest BCUT2D eigenvalue weighted by Gasteiger charge is -2.23. The fraction of sp³-hybridized carbons (Fsp3) is 0.538. The summed E-state index contributed by atoms with van der Waals surface area (Å²) < 4.78 is 0. The molecule has 2 rings (SSSR count). The van der Waals surface area contributed by atoms with Crippen molar-refractivity contribution in [2.24, 2.45) is 5.92 Å². The molecule has 2 unspecified atom stereocenters. The lowest BCUT2D eigenvalue weighted by molar-refractivity contribution is -0.134. The normalized spacial score (nSPS) is 23.6. The first-order valence-electron chi connectivity index (χ1n) is 6.05. The average Bonchev–Trinajstić information content (AvgIpc) is 2.76. The summed E-state index contributed by atoms with van der Waals surface area (Å²) in [5.74, 6) is 0.350. The van der Waals surface area contributed by atoms with Gasteiger partial charge >= 0.3 is 0 Å². The van der Waals surface area contributed by atoms with Crippen LogP contribution in [0.2, 0.25) is 0 Å². The first-order valence-corrected chi connectivity index (χ1v) is 6.05. The molecule has 4 heteroatoms. The minimum atomic E-state index is 0.122. The Labute approximate surface area is 102 Å². The van der Waals surface area contributed by atoms with Gasteiger partial charge in [0.25, 0.3) is 0 Å². The third-order valence-corrected chi connectivity index (χ3v) is 3.36. The number of amides is 1. The van der Waals surface area contributed by atoms with Crippen LogP contribution in [0.15, 0.2) is 24.5 Å². The molecule has 0 aliphatic carbocycles. The standard InChI is InChI=1S/C13H19N3O/c1-10-12(5-7-15-10)13(17)16(2)9-11-4-3-6-14-8-11/h3-4,6,8,10,12,15H,5,7,9H2,1-2H3. The van der Waals surface area contributed by atoms with Crippen molar-refractivity contribution in [1.82, 2.24) is 15.2 Å². The van der Waals surface area contributed by atoms with Gasteiger partial charge < -0.3 is 10.2 Å². The molecule has 0 radical (unpaired) electrons. The van der Waals surface area contributed by atoms with Gasteiger partial charge in [0, 0.05) is 32.0 Å². The second-order valence-electron chi connectivity index (χ2n) is 4.69. The molecule has 2 heterocycles. The highest BCUT2D eigenvalue weighted by atomic mass is 16.2. The second-order valence-corrected chi connectivity index (χ2v) is 4.69. The third kappa shape index (κ3) is 2.82. The Morgan fingerprint density at radius 3 is 3.06 bits per heavy atom. The predicted molar refractivity (Wildman–Crippen MR) is 66.3 cm³/mol. The molecule has 4 nitrogen and oxygen atoms in total. The van der Waals surface area contributed by atoms with Gasteiger partial charge in [0.05, 0.1) is 5.92 Å². The van der Waals surface area contributed by atoms with Crippen LogP contribution in [-0.4, -0.2) is 35.4 Å². The van der Waals surface area contributed by atoms with E-state index in [1.165, 1.54) is 0 Å². The third-order valence-electron chi connectivity index (χ3n) is 3.36. The summed E-state index contributed by atoms with van der Waals surface area (Å²) >= 11 is 0. The van der Waals surface area contributed by atoms with Crippen molar-refractivity contribution < 1.29 is 4.79 Å². The van der Waals surface area contributed by atoms with E-state index in [-0.39, 0.29) is 11.8 Å². The van der Waals surface area contributed by atoms with Gasteiger partial charge in [0.15, 0.2) is 0 Å². The van der Waals surface area contributed by atoms with E-state index in [4.69, 9.17) is 0 Å². The van der Waals surface area contributed by atoms with Crippen LogP contribution in [0.3, 0.4) is 0 Å². The number of carbonyl (C=O) groups excluding carboxylic acids is 1.